The number of likely N-dealkylation sites (N-methyl/N-ethyl adjacent to an activating group) is 1. The van der Waals surface area contributed by atoms with Gasteiger partial charge in [-0.1, -0.05) is 19.9 Å². The van der Waals surface area contributed by atoms with E-state index in [4.69, 9.17) is 10.2 Å². The highest BCUT2D eigenvalue weighted by Gasteiger charge is 2.20. The second kappa shape index (κ2) is 11.9. The van der Waals surface area contributed by atoms with Gasteiger partial charge < -0.3 is 15.5 Å². The molecule has 0 radical (unpaired) electrons. The molecule has 0 spiro atoms. The molecule has 25 heavy (non-hydrogen) atoms. The van der Waals surface area contributed by atoms with Crippen molar-refractivity contribution < 1.29 is 4.42 Å². The summed E-state index contributed by atoms with van der Waals surface area (Å²) in [7, 11) is 0. The third-order valence-electron chi connectivity index (χ3n) is 3.97. The molecule has 6 nitrogen and oxygen atoms in total. The van der Waals surface area contributed by atoms with Gasteiger partial charge in [-0.15, -0.1) is 24.0 Å². The normalized spacial score (nSPS) is 12.7. The van der Waals surface area contributed by atoms with Crippen LogP contribution in [-0.2, 0) is 6.42 Å². The summed E-state index contributed by atoms with van der Waals surface area (Å²) in [6.45, 7) is 7.42. The number of aliphatic imine (C=N–C) groups is 1. The zero-order valence-corrected chi connectivity index (χ0v) is 17.2. The molecule has 0 aromatic carbocycles. The van der Waals surface area contributed by atoms with Crippen LogP contribution in [0.2, 0.25) is 0 Å². The SMILES string of the molecule is CCN(CC)C(CN=C(N)NCCc1ccccn1)c1ccco1.I. The van der Waals surface area contributed by atoms with Crippen molar-refractivity contribution in [3.05, 3.63) is 54.2 Å². The number of nitrogens with zero attached hydrogens (tertiary/aromatic N) is 3. The van der Waals surface area contributed by atoms with Gasteiger partial charge in [-0.3, -0.25) is 14.9 Å². The van der Waals surface area contributed by atoms with Crippen LogP contribution in [0.4, 0.5) is 0 Å². The molecule has 138 valence electrons. The number of nitrogens with one attached hydrogen (secondary N) is 1. The zero-order valence-electron chi connectivity index (χ0n) is 14.9. The first-order valence-electron chi connectivity index (χ1n) is 8.45. The molecule has 1 atom stereocenters. The number of nitrogens with two attached hydrogens (primary N) is 1. The fraction of sp³-hybridized carbons (Fsp3) is 0.444. The first-order chi connectivity index (χ1) is 11.7. The summed E-state index contributed by atoms with van der Waals surface area (Å²) in [6, 6.07) is 9.90. The molecule has 1 unspecified atom stereocenters. The Hall–Kier alpha value is -1.61. The van der Waals surface area contributed by atoms with Crippen molar-refractivity contribution in [3.63, 3.8) is 0 Å². The van der Waals surface area contributed by atoms with Crippen molar-refractivity contribution in [3.8, 4) is 0 Å². The molecule has 0 saturated heterocycles. The van der Waals surface area contributed by atoms with E-state index in [9.17, 15) is 0 Å². The third-order valence-corrected chi connectivity index (χ3v) is 3.97. The van der Waals surface area contributed by atoms with Crippen LogP contribution in [0.25, 0.3) is 0 Å². The van der Waals surface area contributed by atoms with Crippen molar-refractivity contribution in [1.29, 1.82) is 0 Å². The molecule has 2 heterocycles. The smallest absolute Gasteiger partial charge is 0.188 e. The number of halogens is 1. The van der Waals surface area contributed by atoms with Gasteiger partial charge in [0.05, 0.1) is 18.8 Å². The minimum absolute atomic E-state index is 0. The number of rotatable bonds is 9. The Bertz CT molecular complexity index is 599. The molecule has 2 rings (SSSR count). The molecular weight excluding hydrogens is 429 g/mol. The summed E-state index contributed by atoms with van der Waals surface area (Å²) < 4.78 is 5.57. The lowest BCUT2D eigenvalue weighted by Gasteiger charge is -2.26. The monoisotopic (exact) mass is 457 g/mol. The Morgan fingerprint density at radius 3 is 2.68 bits per heavy atom. The minimum Gasteiger partial charge on any atom is -0.468 e. The minimum atomic E-state index is 0. The van der Waals surface area contributed by atoms with Crippen LogP contribution in [0.3, 0.4) is 0 Å². The van der Waals surface area contributed by atoms with Gasteiger partial charge in [-0.05, 0) is 37.4 Å². The number of aromatic nitrogens is 1. The van der Waals surface area contributed by atoms with E-state index in [1.165, 1.54) is 0 Å². The molecule has 0 bridgehead atoms. The van der Waals surface area contributed by atoms with Crippen LogP contribution in [-0.4, -0.2) is 42.0 Å². The Kier molecular flexibility index (Phi) is 10.2. The Balaban J connectivity index is 0.00000312. The molecule has 0 aliphatic carbocycles. The van der Waals surface area contributed by atoms with E-state index < -0.39 is 0 Å². The third kappa shape index (κ3) is 7.03. The van der Waals surface area contributed by atoms with Gasteiger partial charge in [-0.25, -0.2) is 0 Å². The summed E-state index contributed by atoms with van der Waals surface area (Å²) in [5.74, 6) is 1.37. The molecule has 0 saturated carbocycles. The van der Waals surface area contributed by atoms with Crippen LogP contribution in [0.5, 0.6) is 0 Å². The van der Waals surface area contributed by atoms with Gasteiger partial charge in [0, 0.05) is 24.9 Å². The van der Waals surface area contributed by atoms with Crippen LogP contribution in [0.1, 0.15) is 31.3 Å². The first kappa shape index (κ1) is 21.4. The fourth-order valence-corrected chi connectivity index (χ4v) is 2.64. The Labute approximate surface area is 166 Å². The first-order valence-corrected chi connectivity index (χ1v) is 8.45. The van der Waals surface area contributed by atoms with E-state index in [2.05, 4.69) is 34.0 Å². The quantitative estimate of drug-likeness (QED) is 0.344. The number of guanidine groups is 1. The summed E-state index contributed by atoms with van der Waals surface area (Å²) in [5, 5.41) is 3.15. The lowest BCUT2D eigenvalue weighted by Crippen LogP contribution is -2.35. The van der Waals surface area contributed by atoms with Crippen LogP contribution >= 0.6 is 24.0 Å². The highest BCUT2D eigenvalue weighted by atomic mass is 127. The maximum absolute atomic E-state index is 5.99. The van der Waals surface area contributed by atoms with Crippen molar-refractivity contribution in [2.75, 3.05) is 26.2 Å². The second-order valence-electron chi connectivity index (χ2n) is 5.48. The van der Waals surface area contributed by atoms with Crippen molar-refractivity contribution in [2.24, 2.45) is 10.7 Å². The summed E-state index contributed by atoms with van der Waals surface area (Å²) in [6.07, 6.45) is 4.31. The van der Waals surface area contributed by atoms with E-state index >= 15 is 0 Å². The highest BCUT2D eigenvalue weighted by Crippen LogP contribution is 2.21. The molecule has 0 fully saturated rings. The fourth-order valence-electron chi connectivity index (χ4n) is 2.64. The molecular formula is C18H28IN5O. The molecule has 2 aromatic heterocycles. The van der Waals surface area contributed by atoms with E-state index in [0.717, 1.165) is 31.0 Å². The van der Waals surface area contributed by atoms with E-state index in [1.54, 1.807) is 12.5 Å². The average Bonchev–Trinajstić information content (AvgIpc) is 3.14. The second-order valence-corrected chi connectivity index (χ2v) is 5.48. The van der Waals surface area contributed by atoms with E-state index in [1.807, 2.05) is 30.3 Å². The van der Waals surface area contributed by atoms with Gasteiger partial charge in [-0.2, -0.15) is 0 Å². The van der Waals surface area contributed by atoms with Gasteiger partial charge in [0.25, 0.3) is 0 Å². The predicted octanol–water partition coefficient (Wildman–Crippen LogP) is 2.82. The maximum Gasteiger partial charge on any atom is 0.188 e. The van der Waals surface area contributed by atoms with E-state index in [-0.39, 0.29) is 30.0 Å². The lowest BCUT2D eigenvalue weighted by atomic mass is 10.2. The molecule has 0 amide bonds. The molecule has 2 aromatic rings. The Morgan fingerprint density at radius 1 is 1.28 bits per heavy atom. The lowest BCUT2D eigenvalue weighted by molar-refractivity contribution is 0.198. The van der Waals surface area contributed by atoms with Crippen LogP contribution < -0.4 is 11.1 Å². The molecule has 0 aliphatic heterocycles. The summed E-state index contributed by atoms with van der Waals surface area (Å²) in [4.78, 5) is 11.1. The zero-order chi connectivity index (χ0) is 17.2. The topological polar surface area (TPSA) is 79.7 Å². The van der Waals surface area contributed by atoms with Gasteiger partial charge in [0.1, 0.15) is 5.76 Å². The van der Waals surface area contributed by atoms with Gasteiger partial charge in [0.15, 0.2) is 5.96 Å². The van der Waals surface area contributed by atoms with Crippen LogP contribution in [0.15, 0.2) is 52.2 Å². The van der Waals surface area contributed by atoms with Gasteiger partial charge in [0.2, 0.25) is 0 Å². The summed E-state index contributed by atoms with van der Waals surface area (Å²) >= 11 is 0. The Morgan fingerprint density at radius 2 is 2.08 bits per heavy atom. The molecule has 3 N–H and O–H groups in total. The number of hydrogen-bond acceptors (Lipinski definition) is 4. The number of pyridine rings is 1. The standard InChI is InChI=1S/C18H27N5O.HI/c1-3-23(4-2)16(17-9-7-13-24-17)14-22-18(19)21-12-10-15-8-5-6-11-20-15;/h5-9,11,13,16H,3-4,10,12,14H2,1-2H3,(H3,19,21,22);1H. The maximum atomic E-state index is 5.99. The van der Waals surface area contributed by atoms with Crippen molar-refractivity contribution >= 4 is 29.9 Å². The molecule has 0 aliphatic rings. The highest BCUT2D eigenvalue weighted by molar-refractivity contribution is 14.0. The van der Waals surface area contributed by atoms with Crippen molar-refractivity contribution in [1.82, 2.24) is 15.2 Å². The predicted molar refractivity (Wildman–Crippen MR) is 112 cm³/mol. The number of furan rings is 1. The van der Waals surface area contributed by atoms with E-state index in [0.29, 0.717) is 19.0 Å². The van der Waals surface area contributed by atoms with Crippen LogP contribution in [0, 0.1) is 0 Å². The number of hydrogen-bond donors (Lipinski definition) is 2. The molecule has 7 heteroatoms. The summed E-state index contributed by atoms with van der Waals surface area (Å²) in [5.41, 5.74) is 7.03. The largest absolute Gasteiger partial charge is 0.468 e. The van der Waals surface area contributed by atoms with Gasteiger partial charge >= 0.3 is 0 Å². The van der Waals surface area contributed by atoms with Crippen molar-refractivity contribution in [2.45, 2.75) is 26.3 Å². The average molecular weight is 457 g/mol.